The standard InChI is InChI=1S/C18H25NO/c1-4-14(2)12-19(3)13-18(20)17-10-9-15-7-5-6-8-16(15)11-17/h5-11,14,18,20H,4,12-13H2,1-3H3. The first-order valence-electron chi connectivity index (χ1n) is 7.45. The maximum absolute atomic E-state index is 10.4. The van der Waals surface area contributed by atoms with Crippen LogP contribution in [0, 0.1) is 5.92 Å². The van der Waals surface area contributed by atoms with E-state index in [2.05, 4.69) is 50.1 Å². The number of likely N-dealkylation sites (N-methyl/N-ethyl adjacent to an activating group) is 1. The second kappa shape index (κ2) is 6.87. The molecule has 0 heterocycles. The Bertz CT molecular complexity index is 552. The minimum Gasteiger partial charge on any atom is -0.387 e. The Hall–Kier alpha value is -1.38. The summed E-state index contributed by atoms with van der Waals surface area (Å²) in [6.07, 6.45) is 0.754. The summed E-state index contributed by atoms with van der Waals surface area (Å²) >= 11 is 0. The van der Waals surface area contributed by atoms with Crippen LogP contribution in [-0.2, 0) is 0 Å². The average molecular weight is 271 g/mol. The summed E-state index contributed by atoms with van der Waals surface area (Å²) in [7, 11) is 2.08. The largest absolute Gasteiger partial charge is 0.387 e. The van der Waals surface area contributed by atoms with Crippen molar-refractivity contribution in [1.29, 1.82) is 0 Å². The van der Waals surface area contributed by atoms with Gasteiger partial charge in [-0.3, -0.25) is 0 Å². The fourth-order valence-electron chi connectivity index (χ4n) is 2.55. The SMILES string of the molecule is CCC(C)CN(C)CC(O)c1ccc2ccccc2c1. The minimum absolute atomic E-state index is 0.423. The summed E-state index contributed by atoms with van der Waals surface area (Å²) in [6.45, 7) is 6.17. The summed E-state index contributed by atoms with van der Waals surface area (Å²) in [6, 6.07) is 14.5. The summed E-state index contributed by atoms with van der Waals surface area (Å²) in [5.41, 5.74) is 1.000. The van der Waals surface area contributed by atoms with Crippen molar-refractivity contribution in [1.82, 2.24) is 4.90 Å². The van der Waals surface area contributed by atoms with E-state index >= 15 is 0 Å². The maximum Gasteiger partial charge on any atom is 0.0917 e. The molecule has 2 rings (SSSR count). The number of aliphatic hydroxyl groups is 1. The fourth-order valence-corrected chi connectivity index (χ4v) is 2.55. The first kappa shape index (κ1) is 15.0. The van der Waals surface area contributed by atoms with Crippen LogP contribution in [0.3, 0.4) is 0 Å². The van der Waals surface area contributed by atoms with Crippen LogP contribution < -0.4 is 0 Å². The van der Waals surface area contributed by atoms with E-state index in [-0.39, 0.29) is 0 Å². The monoisotopic (exact) mass is 271 g/mol. The number of benzene rings is 2. The van der Waals surface area contributed by atoms with Crippen LogP contribution >= 0.6 is 0 Å². The molecule has 2 heteroatoms. The van der Waals surface area contributed by atoms with E-state index in [0.717, 1.165) is 12.1 Å². The number of hydrogen-bond donors (Lipinski definition) is 1. The van der Waals surface area contributed by atoms with E-state index in [1.54, 1.807) is 0 Å². The Balaban J connectivity index is 2.05. The van der Waals surface area contributed by atoms with Gasteiger partial charge in [0.25, 0.3) is 0 Å². The van der Waals surface area contributed by atoms with Gasteiger partial charge in [0.1, 0.15) is 0 Å². The molecule has 2 unspecified atom stereocenters. The molecule has 0 spiro atoms. The van der Waals surface area contributed by atoms with Gasteiger partial charge in [-0.15, -0.1) is 0 Å². The van der Waals surface area contributed by atoms with Crippen molar-refractivity contribution < 1.29 is 5.11 Å². The van der Waals surface area contributed by atoms with E-state index in [9.17, 15) is 5.11 Å². The molecule has 0 radical (unpaired) electrons. The molecule has 2 aromatic carbocycles. The van der Waals surface area contributed by atoms with Crippen molar-refractivity contribution in [3.63, 3.8) is 0 Å². The van der Waals surface area contributed by atoms with Gasteiger partial charge in [-0.1, -0.05) is 56.7 Å². The zero-order valence-electron chi connectivity index (χ0n) is 12.7. The molecule has 0 bridgehead atoms. The van der Waals surface area contributed by atoms with Crippen molar-refractivity contribution in [3.8, 4) is 0 Å². The van der Waals surface area contributed by atoms with Gasteiger partial charge in [-0.05, 0) is 35.4 Å². The van der Waals surface area contributed by atoms with Crippen LogP contribution in [0.5, 0.6) is 0 Å². The van der Waals surface area contributed by atoms with E-state index in [1.165, 1.54) is 17.2 Å². The molecule has 108 valence electrons. The van der Waals surface area contributed by atoms with Gasteiger partial charge < -0.3 is 10.0 Å². The lowest BCUT2D eigenvalue weighted by Gasteiger charge is -2.23. The van der Waals surface area contributed by atoms with Crippen molar-refractivity contribution in [2.45, 2.75) is 26.4 Å². The molecular weight excluding hydrogens is 246 g/mol. The third-order valence-corrected chi connectivity index (χ3v) is 3.96. The van der Waals surface area contributed by atoms with E-state index in [1.807, 2.05) is 18.2 Å². The highest BCUT2D eigenvalue weighted by molar-refractivity contribution is 5.83. The van der Waals surface area contributed by atoms with Gasteiger partial charge in [-0.2, -0.15) is 0 Å². The van der Waals surface area contributed by atoms with Crippen LogP contribution in [0.4, 0.5) is 0 Å². The highest BCUT2D eigenvalue weighted by Gasteiger charge is 2.12. The molecule has 0 saturated heterocycles. The van der Waals surface area contributed by atoms with Crippen molar-refractivity contribution in [2.24, 2.45) is 5.92 Å². The van der Waals surface area contributed by atoms with E-state index in [4.69, 9.17) is 0 Å². The van der Waals surface area contributed by atoms with Crippen LogP contribution in [0.15, 0.2) is 42.5 Å². The summed E-state index contributed by atoms with van der Waals surface area (Å²) in [4.78, 5) is 2.22. The Morgan fingerprint density at radius 3 is 2.45 bits per heavy atom. The first-order chi connectivity index (χ1) is 9.60. The molecule has 1 N–H and O–H groups in total. The van der Waals surface area contributed by atoms with Crippen LogP contribution in [-0.4, -0.2) is 30.1 Å². The van der Waals surface area contributed by atoms with Crippen LogP contribution in [0.2, 0.25) is 0 Å². The summed E-state index contributed by atoms with van der Waals surface area (Å²) in [5.74, 6) is 0.670. The van der Waals surface area contributed by atoms with Gasteiger partial charge in [0.15, 0.2) is 0 Å². The number of nitrogens with zero attached hydrogens (tertiary/aromatic N) is 1. The van der Waals surface area contributed by atoms with Crippen molar-refractivity contribution in [3.05, 3.63) is 48.0 Å². The molecular formula is C18H25NO. The predicted octanol–water partition coefficient (Wildman–Crippen LogP) is 3.85. The molecule has 2 nitrogen and oxygen atoms in total. The van der Waals surface area contributed by atoms with Gasteiger partial charge in [0.2, 0.25) is 0 Å². The molecule has 2 atom stereocenters. The Labute approximate surface area is 122 Å². The molecule has 2 aromatic rings. The number of hydrogen-bond acceptors (Lipinski definition) is 2. The van der Waals surface area contributed by atoms with Gasteiger partial charge in [0.05, 0.1) is 6.10 Å². The smallest absolute Gasteiger partial charge is 0.0917 e. The van der Waals surface area contributed by atoms with Crippen molar-refractivity contribution >= 4 is 10.8 Å². The highest BCUT2D eigenvalue weighted by Crippen LogP contribution is 2.21. The molecule has 0 aliphatic carbocycles. The second-order valence-corrected chi connectivity index (χ2v) is 5.86. The van der Waals surface area contributed by atoms with Gasteiger partial charge in [0, 0.05) is 13.1 Å². The third kappa shape index (κ3) is 3.81. The number of fused-ring (bicyclic) bond motifs is 1. The maximum atomic E-state index is 10.4. The third-order valence-electron chi connectivity index (χ3n) is 3.96. The minimum atomic E-state index is -0.423. The fraction of sp³-hybridized carbons (Fsp3) is 0.444. The van der Waals surface area contributed by atoms with E-state index < -0.39 is 6.10 Å². The quantitative estimate of drug-likeness (QED) is 0.862. The molecule has 0 amide bonds. The molecule has 0 aliphatic rings. The van der Waals surface area contributed by atoms with Gasteiger partial charge in [-0.25, -0.2) is 0 Å². The van der Waals surface area contributed by atoms with E-state index in [0.29, 0.717) is 12.5 Å². The lowest BCUT2D eigenvalue weighted by Crippen LogP contribution is -2.28. The zero-order valence-corrected chi connectivity index (χ0v) is 12.7. The topological polar surface area (TPSA) is 23.5 Å². The number of rotatable bonds is 6. The normalized spacial score (nSPS) is 14.7. The molecule has 0 aliphatic heterocycles. The second-order valence-electron chi connectivity index (χ2n) is 5.86. The molecule has 0 saturated carbocycles. The lowest BCUT2D eigenvalue weighted by atomic mass is 10.0. The summed E-state index contributed by atoms with van der Waals surface area (Å²) < 4.78 is 0. The molecule has 0 aromatic heterocycles. The van der Waals surface area contributed by atoms with Crippen LogP contribution in [0.1, 0.15) is 31.9 Å². The highest BCUT2D eigenvalue weighted by atomic mass is 16.3. The van der Waals surface area contributed by atoms with Crippen molar-refractivity contribution in [2.75, 3.05) is 20.1 Å². The molecule has 0 fully saturated rings. The zero-order chi connectivity index (χ0) is 14.5. The number of aliphatic hydroxyl groups excluding tert-OH is 1. The lowest BCUT2D eigenvalue weighted by molar-refractivity contribution is 0.119. The Morgan fingerprint density at radius 1 is 1.05 bits per heavy atom. The average Bonchev–Trinajstić information content (AvgIpc) is 2.46. The predicted molar refractivity (Wildman–Crippen MR) is 85.9 cm³/mol. The molecule has 20 heavy (non-hydrogen) atoms. The van der Waals surface area contributed by atoms with Crippen LogP contribution in [0.25, 0.3) is 10.8 Å². The Morgan fingerprint density at radius 2 is 1.75 bits per heavy atom. The summed E-state index contributed by atoms with van der Waals surface area (Å²) in [5, 5.41) is 12.8. The Kier molecular flexibility index (Phi) is 5.16. The van der Waals surface area contributed by atoms with Gasteiger partial charge >= 0.3 is 0 Å². The first-order valence-corrected chi connectivity index (χ1v) is 7.45.